The van der Waals surface area contributed by atoms with Gasteiger partial charge in [-0.1, -0.05) is 12.1 Å². The summed E-state index contributed by atoms with van der Waals surface area (Å²) in [4.78, 5) is 43.1. The van der Waals surface area contributed by atoms with Crippen LogP contribution in [0.3, 0.4) is 0 Å². The number of nitrogens with zero attached hydrogens (tertiary/aromatic N) is 1. The van der Waals surface area contributed by atoms with E-state index in [9.17, 15) is 14.4 Å². The molecular formula is C17H20N2O5. The van der Waals surface area contributed by atoms with E-state index in [2.05, 4.69) is 9.97 Å². The van der Waals surface area contributed by atoms with Crippen molar-refractivity contribution in [1.82, 2.24) is 9.97 Å². The van der Waals surface area contributed by atoms with Gasteiger partial charge >= 0.3 is 11.9 Å². The summed E-state index contributed by atoms with van der Waals surface area (Å²) in [5, 5.41) is 0. The Morgan fingerprint density at radius 1 is 1.17 bits per heavy atom. The summed E-state index contributed by atoms with van der Waals surface area (Å²) in [5.74, 6) is -1.91. The molecule has 0 unspecified atom stereocenters. The van der Waals surface area contributed by atoms with Crippen molar-refractivity contribution in [2.75, 3.05) is 13.2 Å². The number of esters is 2. The number of para-hydroxylation sites is 2. The number of rotatable bonds is 7. The molecule has 128 valence electrons. The van der Waals surface area contributed by atoms with Crippen molar-refractivity contribution in [2.45, 2.75) is 32.6 Å². The van der Waals surface area contributed by atoms with Gasteiger partial charge in [0.15, 0.2) is 0 Å². The fourth-order valence-corrected chi connectivity index (χ4v) is 2.38. The maximum absolute atomic E-state index is 12.3. The molecule has 0 saturated heterocycles. The number of H-pyrrole nitrogens is 1. The molecule has 0 aliphatic heterocycles. The zero-order valence-electron chi connectivity index (χ0n) is 13.7. The van der Waals surface area contributed by atoms with E-state index < -0.39 is 23.4 Å². The van der Waals surface area contributed by atoms with Crippen LogP contribution in [0, 0.1) is 0 Å². The van der Waals surface area contributed by atoms with Gasteiger partial charge in [-0.3, -0.25) is 14.4 Å². The lowest BCUT2D eigenvalue weighted by Crippen LogP contribution is -2.26. The number of hydrogen-bond donors (Lipinski definition) is 1. The molecule has 0 amide bonds. The number of hydrogen-bond acceptors (Lipinski definition) is 6. The molecule has 2 aromatic rings. The van der Waals surface area contributed by atoms with Crippen molar-refractivity contribution in [2.24, 2.45) is 0 Å². The lowest BCUT2D eigenvalue weighted by Gasteiger charge is -2.14. The van der Waals surface area contributed by atoms with Crippen LogP contribution in [0.4, 0.5) is 0 Å². The minimum absolute atomic E-state index is 0.00523. The molecule has 1 aromatic heterocycles. The van der Waals surface area contributed by atoms with E-state index in [1.807, 2.05) is 0 Å². The van der Waals surface area contributed by atoms with Gasteiger partial charge in [-0.15, -0.1) is 0 Å². The van der Waals surface area contributed by atoms with Gasteiger partial charge in [0.1, 0.15) is 11.6 Å². The van der Waals surface area contributed by atoms with Gasteiger partial charge in [-0.2, -0.15) is 0 Å². The molecule has 7 nitrogen and oxygen atoms in total. The second-order valence-corrected chi connectivity index (χ2v) is 5.12. The van der Waals surface area contributed by atoms with Gasteiger partial charge in [0.2, 0.25) is 0 Å². The highest BCUT2D eigenvalue weighted by Crippen LogP contribution is 2.20. The second-order valence-electron chi connectivity index (χ2n) is 5.12. The largest absolute Gasteiger partial charge is 0.466 e. The highest BCUT2D eigenvalue weighted by atomic mass is 16.5. The first-order valence-electron chi connectivity index (χ1n) is 7.88. The Bertz CT molecular complexity index is 784. The van der Waals surface area contributed by atoms with Crippen LogP contribution in [0.25, 0.3) is 11.0 Å². The summed E-state index contributed by atoms with van der Waals surface area (Å²) in [6.07, 6.45) is 0.108. The van der Waals surface area contributed by atoms with Crippen LogP contribution in [0.1, 0.15) is 38.3 Å². The molecule has 7 heteroatoms. The van der Waals surface area contributed by atoms with Crippen LogP contribution in [0.15, 0.2) is 29.1 Å². The predicted molar refractivity (Wildman–Crippen MR) is 87.6 cm³/mol. The Hall–Kier alpha value is -2.70. The summed E-state index contributed by atoms with van der Waals surface area (Å²) < 4.78 is 9.90. The van der Waals surface area contributed by atoms with Gasteiger partial charge in [0.25, 0.3) is 5.56 Å². The van der Waals surface area contributed by atoms with Gasteiger partial charge in [-0.05, 0) is 32.4 Å². The molecule has 2 rings (SSSR count). The lowest BCUT2D eigenvalue weighted by molar-refractivity contribution is -0.146. The lowest BCUT2D eigenvalue weighted by atomic mass is 9.99. The zero-order chi connectivity index (χ0) is 17.5. The Labute approximate surface area is 139 Å². The molecule has 0 spiro atoms. The summed E-state index contributed by atoms with van der Waals surface area (Å²) in [5.41, 5.74) is 0.740. The number of benzene rings is 1. The van der Waals surface area contributed by atoms with E-state index in [0.717, 1.165) is 0 Å². The van der Waals surface area contributed by atoms with Gasteiger partial charge in [-0.25, -0.2) is 4.98 Å². The fourth-order valence-electron chi connectivity index (χ4n) is 2.38. The summed E-state index contributed by atoms with van der Waals surface area (Å²) in [6.45, 7) is 3.83. The molecule has 0 fully saturated rings. The van der Waals surface area contributed by atoms with Crippen molar-refractivity contribution in [3.63, 3.8) is 0 Å². The number of fused-ring (bicyclic) bond motifs is 1. The van der Waals surface area contributed by atoms with Crippen molar-refractivity contribution < 1.29 is 19.1 Å². The van der Waals surface area contributed by atoms with Crippen LogP contribution in [-0.4, -0.2) is 35.1 Å². The Kier molecular flexibility index (Phi) is 6.06. The Balaban J connectivity index is 2.35. The van der Waals surface area contributed by atoms with E-state index in [1.54, 1.807) is 38.1 Å². The average molecular weight is 332 g/mol. The number of nitrogens with one attached hydrogen (secondary N) is 1. The van der Waals surface area contributed by atoms with Crippen LogP contribution < -0.4 is 5.56 Å². The molecule has 0 bridgehead atoms. The van der Waals surface area contributed by atoms with Crippen molar-refractivity contribution in [3.8, 4) is 0 Å². The third-order valence-corrected chi connectivity index (χ3v) is 3.47. The van der Waals surface area contributed by atoms with E-state index in [4.69, 9.17) is 9.47 Å². The molecule has 24 heavy (non-hydrogen) atoms. The first kappa shape index (κ1) is 17.7. The first-order chi connectivity index (χ1) is 11.6. The molecular weight excluding hydrogens is 312 g/mol. The summed E-state index contributed by atoms with van der Waals surface area (Å²) in [6, 6.07) is 7.03. The van der Waals surface area contributed by atoms with Gasteiger partial charge in [0.05, 0.1) is 24.2 Å². The second kappa shape index (κ2) is 8.24. The van der Waals surface area contributed by atoms with E-state index in [-0.39, 0.29) is 31.7 Å². The van der Waals surface area contributed by atoms with Crippen molar-refractivity contribution in [1.29, 1.82) is 0 Å². The topological polar surface area (TPSA) is 98.3 Å². The van der Waals surface area contributed by atoms with Crippen molar-refractivity contribution >= 4 is 23.0 Å². The van der Waals surface area contributed by atoms with Crippen molar-refractivity contribution in [3.05, 3.63) is 40.3 Å². The molecule has 1 atom stereocenters. The molecule has 0 aliphatic rings. The van der Waals surface area contributed by atoms with Crippen LogP contribution >= 0.6 is 0 Å². The SMILES string of the molecule is CCOC(=O)CC[C@@H](C(=O)OCC)c1nc2ccccc2[nH]c1=O. The Morgan fingerprint density at radius 3 is 2.58 bits per heavy atom. The standard InChI is InChI=1S/C17H20N2O5/c1-3-23-14(20)10-9-11(17(22)24-4-2)15-16(21)19-13-8-6-5-7-12(13)18-15/h5-8,11H,3-4,9-10H2,1-2H3,(H,19,21)/t11-/m1/s1. The minimum Gasteiger partial charge on any atom is -0.466 e. The fraction of sp³-hybridized carbons (Fsp3) is 0.412. The minimum atomic E-state index is -0.914. The van der Waals surface area contributed by atoms with Gasteiger partial charge < -0.3 is 14.5 Å². The molecule has 1 heterocycles. The number of carbonyl (C=O) groups is 2. The van der Waals surface area contributed by atoms with E-state index in [1.165, 1.54) is 0 Å². The van der Waals surface area contributed by atoms with E-state index in [0.29, 0.717) is 11.0 Å². The number of aromatic nitrogens is 2. The van der Waals surface area contributed by atoms with Crippen LogP contribution in [0.5, 0.6) is 0 Å². The summed E-state index contributed by atoms with van der Waals surface area (Å²) >= 11 is 0. The quantitative estimate of drug-likeness (QED) is 0.778. The highest BCUT2D eigenvalue weighted by molar-refractivity contribution is 5.80. The Morgan fingerprint density at radius 2 is 1.88 bits per heavy atom. The summed E-state index contributed by atoms with van der Waals surface area (Å²) in [7, 11) is 0. The molecule has 0 aliphatic carbocycles. The smallest absolute Gasteiger partial charge is 0.315 e. The predicted octanol–water partition coefficient (Wildman–Crippen LogP) is 1.91. The monoisotopic (exact) mass is 332 g/mol. The molecule has 0 saturated carbocycles. The third kappa shape index (κ3) is 4.18. The zero-order valence-corrected chi connectivity index (χ0v) is 13.7. The molecule has 1 N–H and O–H groups in total. The highest BCUT2D eigenvalue weighted by Gasteiger charge is 2.27. The number of carbonyl (C=O) groups excluding carboxylic acids is 2. The normalized spacial score (nSPS) is 11.9. The van der Waals surface area contributed by atoms with Crippen LogP contribution in [-0.2, 0) is 19.1 Å². The molecule has 0 radical (unpaired) electrons. The third-order valence-electron chi connectivity index (χ3n) is 3.47. The van der Waals surface area contributed by atoms with Gasteiger partial charge in [0, 0.05) is 6.42 Å². The number of aromatic amines is 1. The number of ether oxygens (including phenoxy) is 2. The van der Waals surface area contributed by atoms with Crippen LogP contribution in [0.2, 0.25) is 0 Å². The average Bonchev–Trinajstić information content (AvgIpc) is 2.56. The molecule has 1 aromatic carbocycles. The van der Waals surface area contributed by atoms with E-state index >= 15 is 0 Å². The maximum atomic E-state index is 12.3. The first-order valence-corrected chi connectivity index (χ1v) is 7.88. The maximum Gasteiger partial charge on any atom is 0.315 e.